The van der Waals surface area contributed by atoms with Crippen LogP contribution in [0.5, 0.6) is 0 Å². The fourth-order valence-corrected chi connectivity index (χ4v) is 3.52. The van der Waals surface area contributed by atoms with Crippen molar-refractivity contribution in [3.8, 4) is 0 Å². The topological polar surface area (TPSA) is 84.0 Å². The number of sulfonamides is 1. The Balaban J connectivity index is 1.77. The standard InChI is InChI=1S/C19H19FN4O2S/c1-12-4-5-13(2)17(10-12)21-18-8-9-19(23-22-18)24-27(25,26)15-6-7-16(20)14(3)11-15/h4-11H,1-3H3,(H,21,22)(H,23,24). The third-order valence-electron chi connectivity index (χ3n) is 4.00. The van der Waals surface area contributed by atoms with Gasteiger partial charge in [-0.05, 0) is 73.9 Å². The number of benzene rings is 2. The second-order valence-corrected chi connectivity index (χ2v) is 7.95. The van der Waals surface area contributed by atoms with E-state index in [9.17, 15) is 12.8 Å². The van der Waals surface area contributed by atoms with Gasteiger partial charge in [-0.3, -0.25) is 4.72 Å². The Morgan fingerprint density at radius 3 is 2.22 bits per heavy atom. The van der Waals surface area contributed by atoms with Crippen LogP contribution in [0.25, 0.3) is 0 Å². The fourth-order valence-electron chi connectivity index (χ4n) is 2.44. The van der Waals surface area contributed by atoms with Gasteiger partial charge >= 0.3 is 0 Å². The summed E-state index contributed by atoms with van der Waals surface area (Å²) in [6.07, 6.45) is 0. The first kappa shape index (κ1) is 18.8. The maximum Gasteiger partial charge on any atom is 0.263 e. The highest BCUT2D eigenvalue weighted by Gasteiger charge is 2.16. The zero-order valence-corrected chi connectivity index (χ0v) is 15.9. The van der Waals surface area contributed by atoms with Crippen molar-refractivity contribution in [2.75, 3.05) is 10.0 Å². The van der Waals surface area contributed by atoms with Crippen LogP contribution in [0.2, 0.25) is 0 Å². The lowest BCUT2D eigenvalue weighted by atomic mass is 10.1. The first-order valence-electron chi connectivity index (χ1n) is 8.21. The van der Waals surface area contributed by atoms with Gasteiger partial charge in [0.1, 0.15) is 5.82 Å². The van der Waals surface area contributed by atoms with Crippen molar-refractivity contribution in [1.29, 1.82) is 0 Å². The van der Waals surface area contributed by atoms with E-state index in [4.69, 9.17) is 0 Å². The van der Waals surface area contributed by atoms with Crippen LogP contribution >= 0.6 is 0 Å². The number of halogens is 1. The van der Waals surface area contributed by atoms with Crippen molar-refractivity contribution >= 4 is 27.3 Å². The first-order valence-corrected chi connectivity index (χ1v) is 9.70. The summed E-state index contributed by atoms with van der Waals surface area (Å²) in [5.74, 6) is 0.100. The van der Waals surface area contributed by atoms with Gasteiger partial charge in [0.25, 0.3) is 10.0 Å². The lowest BCUT2D eigenvalue weighted by molar-refractivity contribution is 0.598. The number of aryl methyl sites for hydroxylation is 3. The van der Waals surface area contributed by atoms with Crippen molar-refractivity contribution in [2.45, 2.75) is 25.7 Å². The molecule has 140 valence electrons. The average molecular weight is 386 g/mol. The lowest BCUT2D eigenvalue weighted by Crippen LogP contribution is -2.14. The first-order chi connectivity index (χ1) is 12.7. The van der Waals surface area contributed by atoms with Crippen LogP contribution in [-0.4, -0.2) is 18.6 Å². The molecule has 0 radical (unpaired) electrons. The maximum absolute atomic E-state index is 13.3. The molecule has 0 saturated heterocycles. The molecule has 0 bridgehead atoms. The van der Waals surface area contributed by atoms with Crippen molar-refractivity contribution in [2.24, 2.45) is 0 Å². The van der Waals surface area contributed by atoms with Gasteiger partial charge < -0.3 is 5.32 Å². The summed E-state index contributed by atoms with van der Waals surface area (Å²) in [7, 11) is -3.88. The fraction of sp³-hybridized carbons (Fsp3) is 0.158. The number of nitrogens with one attached hydrogen (secondary N) is 2. The molecule has 0 amide bonds. The summed E-state index contributed by atoms with van der Waals surface area (Å²) in [6, 6.07) is 12.7. The van der Waals surface area contributed by atoms with Gasteiger partial charge in [-0.1, -0.05) is 12.1 Å². The summed E-state index contributed by atoms with van der Waals surface area (Å²) in [4.78, 5) is -0.0409. The van der Waals surface area contributed by atoms with E-state index in [1.807, 2.05) is 32.0 Å². The highest BCUT2D eigenvalue weighted by Crippen LogP contribution is 2.21. The van der Waals surface area contributed by atoms with Crippen LogP contribution in [-0.2, 0) is 10.0 Å². The number of anilines is 3. The SMILES string of the molecule is Cc1ccc(C)c(Nc2ccc(NS(=O)(=O)c3ccc(F)c(C)c3)nn2)c1. The molecular weight excluding hydrogens is 367 g/mol. The summed E-state index contributed by atoms with van der Waals surface area (Å²) in [6.45, 7) is 5.47. The Kier molecular flexibility index (Phi) is 5.09. The van der Waals surface area contributed by atoms with Crippen LogP contribution in [0.15, 0.2) is 53.4 Å². The molecule has 27 heavy (non-hydrogen) atoms. The molecule has 1 aromatic heterocycles. The third kappa shape index (κ3) is 4.40. The molecule has 1 heterocycles. The predicted octanol–water partition coefficient (Wildman–Crippen LogP) is 4.09. The summed E-state index contributed by atoms with van der Waals surface area (Å²) in [5.41, 5.74) is 3.31. The van der Waals surface area contributed by atoms with Crippen molar-refractivity contribution in [3.05, 3.63) is 71.0 Å². The van der Waals surface area contributed by atoms with Crippen LogP contribution in [0.4, 0.5) is 21.7 Å². The minimum Gasteiger partial charge on any atom is -0.339 e. The van der Waals surface area contributed by atoms with E-state index in [-0.39, 0.29) is 16.3 Å². The largest absolute Gasteiger partial charge is 0.339 e. The summed E-state index contributed by atoms with van der Waals surface area (Å²) < 4.78 is 40.5. The van der Waals surface area contributed by atoms with Gasteiger partial charge in [-0.2, -0.15) is 0 Å². The van der Waals surface area contributed by atoms with Crippen LogP contribution in [0.3, 0.4) is 0 Å². The Morgan fingerprint density at radius 1 is 0.852 bits per heavy atom. The molecule has 0 aliphatic carbocycles. The maximum atomic E-state index is 13.3. The van der Waals surface area contributed by atoms with E-state index in [0.29, 0.717) is 5.82 Å². The second-order valence-electron chi connectivity index (χ2n) is 6.26. The molecule has 0 spiro atoms. The molecule has 2 aromatic carbocycles. The van der Waals surface area contributed by atoms with Crippen molar-refractivity contribution in [1.82, 2.24) is 10.2 Å². The molecule has 0 unspecified atom stereocenters. The minimum atomic E-state index is -3.88. The van der Waals surface area contributed by atoms with E-state index in [1.54, 1.807) is 6.07 Å². The monoisotopic (exact) mass is 386 g/mol. The second kappa shape index (κ2) is 7.32. The highest BCUT2D eigenvalue weighted by atomic mass is 32.2. The molecule has 6 nitrogen and oxygen atoms in total. The molecule has 3 rings (SSSR count). The molecule has 2 N–H and O–H groups in total. The Morgan fingerprint density at radius 2 is 1.56 bits per heavy atom. The third-order valence-corrected chi connectivity index (χ3v) is 5.35. The lowest BCUT2D eigenvalue weighted by Gasteiger charge is -2.11. The predicted molar refractivity (Wildman–Crippen MR) is 103 cm³/mol. The number of aromatic nitrogens is 2. The molecule has 0 saturated carbocycles. The van der Waals surface area contributed by atoms with Gasteiger partial charge in [0, 0.05) is 5.69 Å². The molecule has 0 aliphatic heterocycles. The molecule has 0 fully saturated rings. The Bertz CT molecular complexity index is 1080. The molecule has 0 aliphatic rings. The Hall–Kier alpha value is -3.00. The van der Waals surface area contributed by atoms with Gasteiger partial charge in [0.2, 0.25) is 0 Å². The van der Waals surface area contributed by atoms with E-state index in [0.717, 1.165) is 22.9 Å². The smallest absolute Gasteiger partial charge is 0.263 e. The number of nitrogens with zero attached hydrogens (tertiary/aromatic N) is 2. The van der Waals surface area contributed by atoms with E-state index >= 15 is 0 Å². The molecule has 3 aromatic rings. The zero-order valence-electron chi connectivity index (χ0n) is 15.1. The molecule has 8 heteroatoms. The number of rotatable bonds is 5. The van der Waals surface area contributed by atoms with Gasteiger partial charge in [-0.15, -0.1) is 10.2 Å². The summed E-state index contributed by atoms with van der Waals surface area (Å²) in [5, 5.41) is 11.1. The van der Waals surface area contributed by atoms with E-state index in [2.05, 4.69) is 20.2 Å². The van der Waals surface area contributed by atoms with E-state index < -0.39 is 15.8 Å². The van der Waals surface area contributed by atoms with Crippen molar-refractivity contribution in [3.63, 3.8) is 0 Å². The van der Waals surface area contributed by atoms with Crippen LogP contribution in [0, 0.1) is 26.6 Å². The summed E-state index contributed by atoms with van der Waals surface area (Å²) >= 11 is 0. The zero-order chi connectivity index (χ0) is 19.6. The molecule has 0 atom stereocenters. The van der Waals surface area contributed by atoms with Gasteiger partial charge in [-0.25, -0.2) is 12.8 Å². The Labute approximate surface area is 157 Å². The van der Waals surface area contributed by atoms with Crippen molar-refractivity contribution < 1.29 is 12.8 Å². The highest BCUT2D eigenvalue weighted by molar-refractivity contribution is 7.92. The molecular formula is C19H19FN4O2S. The van der Waals surface area contributed by atoms with Crippen LogP contribution in [0.1, 0.15) is 16.7 Å². The minimum absolute atomic E-state index is 0.0409. The average Bonchev–Trinajstić information content (AvgIpc) is 2.62. The van der Waals surface area contributed by atoms with Gasteiger partial charge in [0.15, 0.2) is 11.6 Å². The normalized spacial score (nSPS) is 11.3. The van der Waals surface area contributed by atoms with Gasteiger partial charge in [0.05, 0.1) is 4.90 Å². The quantitative estimate of drug-likeness (QED) is 0.690. The number of hydrogen-bond acceptors (Lipinski definition) is 5. The number of hydrogen-bond donors (Lipinski definition) is 2. The van der Waals surface area contributed by atoms with Crippen LogP contribution < -0.4 is 10.0 Å². The van der Waals surface area contributed by atoms with E-state index in [1.165, 1.54) is 25.1 Å².